The molecule has 1 aromatic heterocycles. The molecule has 0 bridgehead atoms. The Kier molecular flexibility index (Phi) is 5.28. The predicted octanol–water partition coefficient (Wildman–Crippen LogP) is 2.93. The number of aromatic nitrogens is 1. The van der Waals surface area contributed by atoms with Crippen molar-refractivity contribution in [3.63, 3.8) is 0 Å². The summed E-state index contributed by atoms with van der Waals surface area (Å²) in [6.45, 7) is 1.56. The lowest BCUT2D eigenvalue weighted by molar-refractivity contribution is 0.102. The van der Waals surface area contributed by atoms with Crippen LogP contribution >= 0.6 is 0 Å². The number of methoxy groups -OCH3 is 1. The number of hydrogen-bond donors (Lipinski definition) is 2. The smallest absolute Gasteiger partial charge is 0.274 e. The number of benzene rings is 1. The SMILES string of the molecule is COc1ccccc1NC(=O)c1cc(NCC2CCCO2)ccn1. The minimum Gasteiger partial charge on any atom is -0.495 e. The molecule has 1 aromatic carbocycles. The van der Waals surface area contributed by atoms with Crippen molar-refractivity contribution in [2.24, 2.45) is 0 Å². The standard InChI is InChI=1S/C18H21N3O3/c1-23-17-7-3-2-6-15(17)21-18(22)16-11-13(8-9-19-16)20-12-14-5-4-10-24-14/h2-3,6-9,11,14H,4-5,10,12H2,1H3,(H,19,20)(H,21,22). The Hall–Kier alpha value is -2.60. The van der Waals surface area contributed by atoms with Crippen molar-refractivity contribution in [1.82, 2.24) is 4.98 Å². The summed E-state index contributed by atoms with van der Waals surface area (Å²) in [7, 11) is 1.57. The summed E-state index contributed by atoms with van der Waals surface area (Å²) < 4.78 is 10.8. The van der Waals surface area contributed by atoms with Gasteiger partial charge in [0.05, 0.1) is 18.9 Å². The predicted molar refractivity (Wildman–Crippen MR) is 92.6 cm³/mol. The Balaban J connectivity index is 1.65. The van der Waals surface area contributed by atoms with E-state index in [0.717, 1.165) is 31.7 Å². The molecule has 1 fully saturated rings. The normalized spacial score (nSPS) is 16.6. The molecule has 0 aliphatic carbocycles. The van der Waals surface area contributed by atoms with Gasteiger partial charge in [-0.25, -0.2) is 0 Å². The molecule has 126 valence electrons. The van der Waals surface area contributed by atoms with Crippen LogP contribution in [-0.2, 0) is 4.74 Å². The first kappa shape index (κ1) is 16.3. The number of nitrogens with one attached hydrogen (secondary N) is 2. The monoisotopic (exact) mass is 327 g/mol. The van der Waals surface area contributed by atoms with Gasteiger partial charge < -0.3 is 20.1 Å². The lowest BCUT2D eigenvalue weighted by Gasteiger charge is -2.13. The lowest BCUT2D eigenvalue weighted by Crippen LogP contribution is -2.19. The van der Waals surface area contributed by atoms with E-state index in [4.69, 9.17) is 9.47 Å². The third kappa shape index (κ3) is 4.02. The van der Waals surface area contributed by atoms with Crippen LogP contribution in [0.2, 0.25) is 0 Å². The first-order valence-electron chi connectivity index (χ1n) is 8.02. The molecule has 0 spiro atoms. The second-order valence-corrected chi connectivity index (χ2v) is 5.60. The van der Waals surface area contributed by atoms with Crippen LogP contribution in [0, 0.1) is 0 Å². The number of nitrogens with zero attached hydrogens (tertiary/aromatic N) is 1. The van der Waals surface area contributed by atoms with Gasteiger partial charge in [0, 0.05) is 25.0 Å². The van der Waals surface area contributed by atoms with Crippen molar-refractivity contribution >= 4 is 17.3 Å². The Morgan fingerprint density at radius 2 is 2.25 bits per heavy atom. The van der Waals surface area contributed by atoms with E-state index < -0.39 is 0 Å². The van der Waals surface area contributed by atoms with Crippen molar-refractivity contribution in [2.45, 2.75) is 18.9 Å². The number of carbonyl (C=O) groups is 1. The number of ether oxygens (including phenoxy) is 2. The molecule has 6 heteroatoms. The Bertz CT molecular complexity index is 699. The van der Waals surface area contributed by atoms with E-state index in [0.29, 0.717) is 17.1 Å². The molecule has 0 radical (unpaired) electrons. The number of pyridine rings is 1. The molecule has 1 amide bonds. The molecular weight excluding hydrogens is 306 g/mol. The van der Waals surface area contributed by atoms with E-state index in [-0.39, 0.29) is 12.0 Å². The maximum absolute atomic E-state index is 12.4. The van der Waals surface area contributed by atoms with Crippen molar-refractivity contribution in [2.75, 3.05) is 30.9 Å². The van der Waals surface area contributed by atoms with Crippen LogP contribution in [-0.4, -0.2) is 37.3 Å². The van der Waals surface area contributed by atoms with E-state index in [1.165, 1.54) is 0 Å². The van der Waals surface area contributed by atoms with Gasteiger partial charge in [-0.05, 0) is 37.1 Å². The quantitative estimate of drug-likeness (QED) is 0.853. The second kappa shape index (κ2) is 7.79. The highest BCUT2D eigenvalue weighted by atomic mass is 16.5. The van der Waals surface area contributed by atoms with Crippen LogP contribution in [0.3, 0.4) is 0 Å². The molecule has 2 aromatic rings. The first-order valence-corrected chi connectivity index (χ1v) is 8.02. The van der Waals surface area contributed by atoms with Crippen LogP contribution in [0.5, 0.6) is 5.75 Å². The van der Waals surface area contributed by atoms with Crippen molar-refractivity contribution < 1.29 is 14.3 Å². The highest BCUT2D eigenvalue weighted by molar-refractivity contribution is 6.04. The summed E-state index contributed by atoms with van der Waals surface area (Å²) in [6, 6.07) is 10.8. The second-order valence-electron chi connectivity index (χ2n) is 5.60. The molecule has 1 unspecified atom stereocenters. The lowest BCUT2D eigenvalue weighted by atomic mass is 10.2. The van der Waals surface area contributed by atoms with E-state index in [1.54, 1.807) is 31.5 Å². The number of hydrogen-bond acceptors (Lipinski definition) is 5. The molecule has 1 aliphatic heterocycles. The summed E-state index contributed by atoms with van der Waals surface area (Å²) >= 11 is 0. The Morgan fingerprint density at radius 3 is 3.04 bits per heavy atom. The third-order valence-electron chi connectivity index (χ3n) is 3.91. The zero-order chi connectivity index (χ0) is 16.8. The summed E-state index contributed by atoms with van der Waals surface area (Å²) in [4.78, 5) is 16.6. The molecular formula is C18H21N3O3. The van der Waals surface area contributed by atoms with Crippen molar-refractivity contribution in [3.8, 4) is 5.75 Å². The van der Waals surface area contributed by atoms with Gasteiger partial charge in [-0.1, -0.05) is 12.1 Å². The molecule has 0 saturated carbocycles. The molecule has 1 saturated heterocycles. The molecule has 24 heavy (non-hydrogen) atoms. The fourth-order valence-electron chi connectivity index (χ4n) is 2.64. The maximum atomic E-state index is 12.4. The average molecular weight is 327 g/mol. The molecule has 1 aliphatic rings. The van der Waals surface area contributed by atoms with E-state index in [9.17, 15) is 4.79 Å². The first-order chi connectivity index (χ1) is 11.8. The van der Waals surface area contributed by atoms with Crippen LogP contribution in [0.4, 0.5) is 11.4 Å². The number of rotatable bonds is 6. The zero-order valence-corrected chi connectivity index (χ0v) is 13.6. The molecule has 3 rings (SSSR count). The van der Waals surface area contributed by atoms with Gasteiger partial charge in [-0.3, -0.25) is 9.78 Å². The topological polar surface area (TPSA) is 72.5 Å². The van der Waals surface area contributed by atoms with Gasteiger partial charge in [0.1, 0.15) is 11.4 Å². The zero-order valence-electron chi connectivity index (χ0n) is 13.6. The van der Waals surface area contributed by atoms with E-state index in [2.05, 4.69) is 15.6 Å². The largest absolute Gasteiger partial charge is 0.495 e. The average Bonchev–Trinajstić information content (AvgIpc) is 3.14. The number of amides is 1. The summed E-state index contributed by atoms with van der Waals surface area (Å²) in [5.41, 5.74) is 1.81. The van der Waals surface area contributed by atoms with Crippen molar-refractivity contribution in [3.05, 3.63) is 48.3 Å². The van der Waals surface area contributed by atoms with E-state index >= 15 is 0 Å². The Morgan fingerprint density at radius 1 is 1.38 bits per heavy atom. The highest BCUT2D eigenvalue weighted by Gasteiger charge is 2.15. The maximum Gasteiger partial charge on any atom is 0.274 e. The van der Waals surface area contributed by atoms with Gasteiger partial charge in [0.25, 0.3) is 5.91 Å². The Labute approximate surface area is 141 Å². The molecule has 2 heterocycles. The molecule has 6 nitrogen and oxygen atoms in total. The molecule has 1 atom stereocenters. The van der Waals surface area contributed by atoms with Gasteiger partial charge in [0.2, 0.25) is 0 Å². The fourth-order valence-corrected chi connectivity index (χ4v) is 2.64. The number of para-hydroxylation sites is 2. The van der Waals surface area contributed by atoms with Gasteiger partial charge in [-0.15, -0.1) is 0 Å². The van der Waals surface area contributed by atoms with Gasteiger partial charge >= 0.3 is 0 Å². The van der Waals surface area contributed by atoms with E-state index in [1.807, 2.05) is 18.2 Å². The minimum absolute atomic E-state index is 0.240. The summed E-state index contributed by atoms with van der Waals surface area (Å²) in [5, 5.41) is 6.12. The summed E-state index contributed by atoms with van der Waals surface area (Å²) in [6.07, 6.45) is 4.03. The molecule has 2 N–H and O–H groups in total. The van der Waals surface area contributed by atoms with Crippen molar-refractivity contribution in [1.29, 1.82) is 0 Å². The third-order valence-corrected chi connectivity index (χ3v) is 3.91. The minimum atomic E-state index is -0.278. The fraction of sp³-hybridized carbons (Fsp3) is 0.333. The van der Waals surface area contributed by atoms with Crippen LogP contribution in [0.1, 0.15) is 23.3 Å². The summed E-state index contributed by atoms with van der Waals surface area (Å²) in [5.74, 6) is 0.332. The van der Waals surface area contributed by atoms with Gasteiger partial charge in [-0.2, -0.15) is 0 Å². The van der Waals surface area contributed by atoms with Gasteiger partial charge in [0.15, 0.2) is 0 Å². The van der Waals surface area contributed by atoms with Crippen LogP contribution in [0.25, 0.3) is 0 Å². The number of anilines is 2. The highest BCUT2D eigenvalue weighted by Crippen LogP contribution is 2.23. The van der Waals surface area contributed by atoms with Crippen LogP contribution in [0.15, 0.2) is 42.6 Å². The van der Waals surface area contributed by atoms with Crippen LogP contribution < -0.4 is 15.4 Å². The number of carbonyl (C=O) groups excluding carboxylic acids is 1.